The van der Waals surface area contributed by atoms with Crippen LogP contribution in [0.4, 0.5) is 11.6 Å². The molecule has 0 radical (unpaired) electrons. The van der Waals surface area contributed by atoms with Crippen LogP contribution in [0.15, 0.2) is 30.5 Å². The molecule has 0 unspecified atom stereocenters. The first-order chi connectivity index (χ1) is 20.0. The molecule has 1 aliphatic heterocycles. The predicted octanol–water partition coefficient (Wildman–Crippen LogP) is 4.14. The molecule has 1 atom stereocenters. The summed E-state index contributed by atoms with van der Waals surface area (Å²) in [6.45, 7) is 5.04. The molecule has 0 spiro atoms. The molecule has 4 heterocycles. The Hall–Kier alpha value is -3.37. The van der Waals surface area contributed by atoms with Crippen molar-refractivity contribution in [3.05, 3.63) is 41.3 Å². The molecule has 1 saturated heterocycles. The van der Waals surface area contributed by atoms with Crippen LogP contribution in [-0.2, 0) is 16.1 Å². The van der Waals surface area contributed by atoms with Crippen molar-refractivity contribution >= 4 is 23.2 Å². The first kappa shape index (κ1) is 30.6. The van der Waals surface area contributed by atoms with Crippen molar-refractivity contribution in [2.45, 2.75) is 70.6 Å². The van der Waals surface area contributed by atoms with Crippen molar-refractivity contribution in [1.29, 1.82) is 5.26 Å². The van der Waals surface area contributed by atoms with Crippen molar-refractivity contribution in [2.24, 2.45) is 5.41 Å². The van der Waals surface area contributed by atoms with Gasteiger partial charge in [0.1, 0.15) is 18.2 Å². The monoisotopic (exact) mass is 582 g/mol. The lowest BCUT2D eigenvalue weighted by atomic mass is 9.82. The SMILES string of the molecule is C[C@H](COCc1nn[nH]n1)NC1CCCCC1.N#CC1(CNc2cccc(-c3cc(N)ncc3Cl)n2)CCOCC1. The van der Waals surface area contributed by atoms with Crippen LogP contribution in [0.25, 0.3) is 11.3 Å². The van der Waals surface area contributed by atoms with Gasteiger partial charge in [-0.1, -0.05) is 42.1 Å². The highest BCUT2D eigenvalue weighted by atomic mass is 35.5. The number of tetrazole rings is 1. The van der Waals surface area contributed by atoms with Crippen molar-refractivity contribution in [2.75, 3.05) is 37.4 Å². The Labute approximate surface area is 245 Å². The van der Waals surface area contributed by atoms with E-state index >= 15 is 0 Å². The second-order valence-corrected chi connectivity index (χ2v) is 11.0. The Balaban J connectivity index is 0.000000201. The lowest BCUT2D eigenvalue weighted by Gasteiger charge is -2.30. The van der Waals surface area contributed by atoms with Crippen LogP contribution in [0.3, 0.4) is 0 Å². The van der Waals surface area contributed by atoms with E-state index in [1.165, 1.54) is 38.3 Å². The topological polar surface area (TPSA) is 173 Å². The van der Waals surface area contributed by atoms with E-state index in [2.05, 4.69) is 54.2 Å². The third-order valence-electron chi connectivity index (χ3n) is 7.31. The maximum absolute atomic E-state index is 9.51. The number of hydrogen-bond donors (Lipinski definition) is 4. The number of pyridine rings is 2. The average Bonchev–Trinajstić information content (AvgIpc) is 3.52. The number of ether oxygens (including phenoxy) is 2. The summed E-state index contributed by atoms with van der Waals surface area (Å²) in [6, 6.07) is 10.8. The standard InChI is InChI=1S/C17H18ClN5O.C11H21N5O/c18-13-9-21-15(20)8-12(13)14-2-1-3-16(23-14)22-11-17(10-19)4-6-24-7-5-17;1-9(12-10-5-3-2-4-6-10)7-17-8-11-13-15-16-14-11/h1-3,8-9H,4-7,11H2,(H2,20,21)(H,22,23);9-10,12H,2-8H2,1H3,(H,13,14,15,16)/t;9-/m.1/s1. The third kappa shape index (κ3) is 9.60. The van der Waals surface area contributed by atoms with Gasteiger partial charge in [-0.25, -0.2) is 9.97 Å². The minimum atomic E-state index is -0.408. The Morgan fingerprint density at radius 2 is 2.07 bits per heavy atom. The number of anilines is 2. The van der Waals surface area contributed by atoms with Crippen LogP contribution < -0.4 is 16.4 Å². The van der Waals surface area contributed by atoms with E-state index in [-0.39, 0.29) is 0 Å². The summed E-state index contributed by atoms with van der Waals surface area (Å²) in [5.41, 5.74) is 6.76. The third-order valence-corrected chi connectivity index (χ3v) is 7.61. The lowest BCUT2D eigenvalue weighted by Crippen LogP contribution is -2.40. The minimum Gasteiger partial charge on any atom is -0.384 e. The predicted molar refractivity (Wildman–Crippen MR) is 157 cm³/mol. The number of nitrogens with zero attached hydrogens (tertiary/aromatic N) is 6. The lowest BCUT2D eigenvalue weighted by molar-refractivity contribution is 0.0455. The van der Waals surface area contributed by atoms with Crippen LogP contribution in [0.5, 0.6) is 0 Å². The van der Waals surface area contributed by atoms with E-state index < -0.39 is 5.41 Å². The van der Waals surface area contributed by atoms with Gasteiger partial charge in [0, 0.05) is 43.6 Å². The van der Waals surface area contributed by atoms with E-state index in [1.807, 2.05) is 18.2 Å². The second-order valence-electron chi connectivity index (χ2n) is 10.6. The number of rotatable bonds is 10. The zero-order chi connectivity index (χ0) is 28.9. The van der Waals surface area contributed by atoms with Gasteiger partial charge in [0.25, 0.3) is 0 Å². The van der Waals surface area contributed by atoms with E-state index in [0.29, 0.717) is 73.2 Å². The summed E-state index contributed by atoms with van der Waals surface area (Å²) >= 11 is 6.19. The van der Waals surface area contributed by atoms with Gasteiger partial charge in [-0.05, 0) is 50.8 Å². The normalized spacial score (nSPS) is 17.6. The highest BCUT2D eigenvalue weighted by Gasteiger charge is 2.32. The number of nitriles is 1. The summed E-state index contributed by atoms with van der Waals surface area (Å²) in [5.74, 6) is 1.69. The van der Waals surface area contributed by atoms with E-state index in [4.69, 9.17) is 26.8 Å². The number of H-pyrrole nitrogens is 1. The van der Waals surface area contributed by atoms with Crippen LogP contribution >= 0.6 is 11.6 Å². The number of nitrogens with one attached hydrogen (secondary N) is 3. The molecule has 1 saturated carbocycles. The van der Waals surface area contributed by atoms with Crippen LogP contribution in [0.2, 0.25) is 5.02 Å². The summed E-state index contributed by atoms with van der Waals surface area (Å²) in [5, 5.41) is 30.4. The molecule has 220 valence electrons. The van der Waals surface area contributed by atoms with Gasteiger partial charge in [0.05, 0.1) is 28.8 Å². The molecule has 3 aromatic heterocycles. The molecular weight excluding hydrogens is 544 g/mol. The molecule has 2 aliphatic rings. The van der Waals surface area contributed by atoms with Crippen LogP contribution in [-0.4, -0.2) is 69.0 Å². The Morgan fingerprint density at radius 3 is 2.80 bits per heavy atom. The first-order valence-corrected chi connectivity index (χ1v) is 14.5. The number of aromatic amines is 1. The molecule has 12 nitrogen and oxygen atoms in total. The maximum Gasteiger partial charge on any atom is 0.200 e. The Kier molecular flexibility index (Phi) is 11.6. The van der Waals surface area contributed by atoms with Crippen molar-refractivity contribution < 1.29 is 9.47 Å². The summed E-state index contributed by atoms with van der Waals surface area (Å²) in [7, 11) is 0. The molecule has 13 heteroatoms. The molecule has 2 fully saturated rings. The van der Waals surface area contributed by atoms with Gasteiger partial charge in [-0.2, -0.15) is 10.5 Å². The molecule has 3 aromatic rings. The Morgan fingerprint density at radius 1 is 1.27 bits per heavy atom. The fraction of sp³-hybridized carbons (Fsp3) is 0.571. The molecule has 0 amide bonds. The molecule has 41 heavy (non-hydrogen) atoms. The minimum absolute atomic E-state index is 0.380. The Bertz CT molecular complexity index is 1240. The average molecular weight is 583 g/mol. The molecule has 0 aromatic carbocycles. The maximum atomic E-state index is 9.51. The summed E-state index contributed by atoms with van der Waals surface area (Å²) in [4.78, 5) is 8.53. The molecule has 0 bridgehead atoms. The van der Waals surface area contributed by atoms with Crippen LogP contribution in [0, 0.1) is 16.7 Å². The van der Waals surface area contributed by atoms with Gasteiger partial charge in [0.15, 0.2) is 5.82 Å². The highest BCUT2D eigenvalue weighted by Crippen LogP contribution is 2.31. The first-order valence-electron chi connectivity index (χ1n) is 14.1. The fourth-order valence-corrected chi connectivity index (χ4v) is 5.17. The zero-order valence-corrected chi connectivity index (χ0v) is 24.2. The van der Waals surface area contributed by atoms with E-state index in [0.717, 1.165) is 18.4 Å². The number of halogens is 1. The van der Waals surface area contributed by atoms with Crippen molar-refractivity contribution in [3.63, 3.8) is 0 Å². The smallest absolute Gasteiger partial charge is 0.200 e. The van der Waals surface area contributed by atoms with Gasteiger partial charge in [-0.3, -0.25) is 0 Å². The zero-order valence-electron chi connectivity index (χ0n) is 23.5. The quantitative estimate of drug-likeness (QED) is 0.270. The number of nitrogen functional groups attached to an aromatic ring is 1. The van der Waals surface area contributed by atoms with E-state index in [1.54, 1.807) is 6.07 Å². The molecule has 5 N–H and O–H groups in total. The van der Waals surface area contributed by atoms with Crippen molar-refractivity contribution in [3.8, 4) is 17.3 Å². The number of nitrogens with two attached hydrogens (primary N) is 1. The number of aromatic nitrogens is 6. The van der Waals surface area contributed by atoms with Crippen LogP contribution in [0.1, 0.15) is 57.7 Å². The fourth-order valence-electron chi connectivity index (χ4n) is 4.97. The van der Waals surface area contributed by atoms with E-state index in [9.17, 15) is 5.26 Å². The summed E-state index contributed by atoms with van der Waals surface area (Å²) < 4.78 is 10.9. The summed E-state index contributed by atoms with van der Waals surface area (Å²) in [6.07, 6.45) is 9.67. The van der Waals surface area contributed by atoms with Gasteiger partial charge in [0.2, 0.25) is 0 Å². The number of hydrogen-bond acceptors (Lipinski definition) is 11. The van der Waals surface area contributed by atoms with Crippen molar-refractivity contribution in [1.82, 2.24) is 35.9 Å². The molecule has 5 rings (SSSR count). The molecular formula is C28H39ClN10O2. The van der Waals surface area contributed by atoms with Gasteiger partial charge < -0.3 is 25.8 Å². The second kappa shape index (κ2) is 15.6. The van der Waals surface area contributed by atoms with Gasteiger partial charge in [-0.15, -0.1) is 10.2 Å². The van der Waals surface area contributed by atoms with Gasteiger partial charge >= 0.3 is 0 Å². The largest absolute Gasteiger partial charge is 0.384 e. The highest BCUT2D eigenvalue weighted by molar-refractivity contribution is 6.33. The molecule has 1 aliphatic carbocycles.